The van der Waals surface area contributed by atoms with E-state index in [9.17, 15) is 13.2 Å². The molecule has 4 nitrogen and oxygen atoms in total. The second-order valence-corrected chi connectivity index (χ2v) is 2.77. The number of halogens is 3. The van der Waals surface area contributed by atoms with E-state index in [-0.39, 0.29) is 16.7 Å². The van der Waals surface area contributed by atoms with Crippen LogP contribution in [0.3, 0.4) is 0 Å². The summed E-state index contributed by atoms with van der Waals surface area (Å²) in [4.78, 5) is 6.29. The first-order valence-electron chi connectivity index (χ1n) is 3.73. The van der Waals surface area contributed by atoms with Crippen molar-refractivity contribution < 1.29 is 13.2 Å². The van der Waals surface area contributed by atoms with Crippen LogP contribution >= 0.6 is 0 Å². The van der Waals surface area contributed by atoms with Gasteiger partial charge < -0.3 is 4.98 Å². The maximum Gasteiger partial charge on any atom is 0.435 e. The molecular weight excluding hydrogens is 197 g/mol. The summed E-state index contributed by atoms with van der Waals surface area (Å²) in [6.45, 7) is 1.33. The van der Waals surface area contributed by atoms with Gasteiger partial charge in [-0.25, -0.2) is 4.98 Å². The largest absolute Gasteiger partial charge is 0.435 e. The number of aromatic nitrogens is 4. The molecule has 0 aromatic carbocycles. The Kier molecular flexibility index (Phi) is 1.70. The third-order valence-corrected chi connectivity index (χ3v) is 1.86. The lowest BCUT2D eigenvalue weighted by Gasteiger charge is -2.07. The van der Waals surface area contributed by atoms with Crippen LogP contribution in [0.1, 0.15) is 11.3 Å². The van der Waals surface area contributed by atoms with Crippen LogP contribution in [0.4, 0.5) is 13.2 Å². The zero-order valence-corrected chi connectivity index (χ0v) is 7.05. The van der Waals surface area contributed by atoms with Crippen molar-refractivity contribution in [1.29, 1.82) is 0 Å². The smallest absolute Gasteiger partial charge is 0.343 e. The van der Waals surface area contributed by atoms with Gasteiger partial charge in [0.2, 0.25) is 0 Å². The summed E-state index contributed by atoms with van der Waals surface area (Å²) in [6.07, 6.45) is -3.19. The second kappa shape index (κ2) is 2.66. The SMILES string of the molecule is Cc1c(C(F)(F)F)nnc2nc[nH]c12. The van der Waals surface area contributed by atoms with Crippen LogP contribution in [0.25, 0.3) is 11.2 Å². The fraction of sp³-hybridized carbons (Fsp3) is 0.286. The number of hydrogen-bond donors (Lipinski definition) is 1. The molecule has 0 saturated carbocycles. The van der Waals surface area contributed by atoms with Crippen LogP contribution in [-0.2, 0) is 6.18 Å². The molecule has 0 unspecified atom stereocenters. The van der Waals surface area contributed by atoms with E-state index in [0.29, 0.717) is 0 Å². The summed E-state index contributed by atoms with van der Waals surface area (Å²) in [5.74, 6) is 0. The van der Waals surface area contributed by atoms with E-state index in [1.807, 2.05) is 0 Å². The number of H-pyrrole nitrogens is 1. The molecular formula is C7H5F3N4. The number of fused-ring (bicyclic) bond motifs is 1. The van der Waals surface area contributed by atoms with Gasteiger partial charge in [0, 0.05) is 5.56 Å². The molecule has 0 bridgehead atoms. The average molecular weight is 202 g/mol. The molecule has 2 aromatic heterocycles. The monoisotopic (exact) mass is 202 g/mol. The number of rotatable bonds is 0. The van der Waals surface area contributed by atoms with Gasteiger partial charge in [-0.15, -0.1) is 10.2 Å². The van der Waals surface area contributed by atoms with Crippen molar-refractivity contribution in [2.24, 2.45) is 0 Å². The third kappa shape index (κ3) is 1.21. The normalized spacial score (nSPS) is 12.3. The number of nitrogens with zero attached hydrogens (tertiary/aromatic N) is 3. The molecule has 0 aliphatic heterocycles. The summed E-state index contributed by atoms with van der Waals surface area (Å²) in [5, 5.41) is 6.45. The number of alkyl halides is 3. The zero-order chi connectivity index (χ0) is 10.3. The molecule has 2 rings (SSSR count). The molecule has 2 heterocycles. The third-order valence-electron chi connectivity index (χ3n) is 1.86. The molecule has 1 N–H and O–H groups in total. The highest BCUT2D eigenvalue weighted by Gasteiger charge is 2.36. The zero-order valence-electron chi connectivity index (χ0n) is 7.05. The Morgan fingerprint density at radius 3 is 2.64 bits per heavy atom. The molecule has 0 atom stereocenters. The first-order valence-corrected chi connectivity index (χ1v) is 3.73. The maximum atomic E-state index is 12.3. The van der Waals surface area contributed by atoms with Gasteiger partial charge in [0.05, 0.1) is 11.8 Å². The molecule has 2 aromatic rings. The van der Waals surface area contributed by atoms with E-state index in [1.54, 1.807) is 0 Å². The molecule has 0 aliphatic rings. The molecule has 14 heavy (non-hydrogen) atoms. The highest BCUT2D eigenvalue weighted by molar-refractivity contribution is 5.73. The van der Waals surface area contributed by atoms with E-state index in [2.05, 4.69) is 20.2 Å². The predicted octanol–water partition coefficient (Wildman–Crippen LogP) is 1.68. The lowest BCUT2D eigenvalue weighted by molar-refractivity contribution is -0.142. The van der Waals surface area contributed by atoms with Crippen molar-refractivity contribution in [2.45, 2.75) is 13.1 Å². The van der Waals surface area contributed by atoms with E-state index < -0.39 is 11.9 Å². The molecule has 7 heteroatoms. The molecule has 0 spiro atoms. The van der Waals surface area contributed by atoms with Crippen LogP contribution in [-0.4, -0.2) is 20.2 Å². The van der Waals surface area contributed by atoms with Crippen LogP contribution in [0.15, 0.2) is 6.33 Å². The minimum Gasteiger partial charge on any atom is -0.343 e. The lowest BCUT2D eigenvalue weighted by atomic mass is 10.2. The predicted molar refractivity (Wildman–Crippen MR) is 41.4 cm³/mol. The fourth-order valence-electron chi connectivity index (χ4n) is 1.20. The fourth-order valence-corrected chi connectivity index (χ4v) is 1.20. The standard InChI is InChI=1S/C7H5F3N4/c1-3-4-6(12-2-11-4)14-13-5(3)7(8,9)10/h2H,1H3,(H,11,12,14). The Hall–Kier alpha value is -1.66. The first kappa shape index (κ1) is 8.92. The van der Waals surface area contributed by atoms with Crippen molar-refractivity contribution in [3.63, 3.8) is 0 Å². The Balaban J connectivity index is 2.74. The van der Waals surface area contributed by atoms with Gasteiger partial charge in [-0.05, 0) is 6.92 Å². The van der Waals surface area contributed by atoms with Gasteiger partial charge in [0.25, 0.3) is 0 Å². The minimum atomic E-state index is -4.48. The number of hydrogen-bond acceptors (Lipinski definition) is 3. The number of nitrogens with one attached hydrogen (secondary N) is 1. The van der Waals surface area contributed by atoms with Crippen LogP contribution in [0.2, 0.25) is 0 Å². The van der Waals surface area contributed by atoms with Gasteiger partial charge in [0.1, 0.15) is 0 Å². The molecule has 0 aliphatic carbocycles. The highest BCUT2D eigenvalue weighted by Crippen LogP contribution is 2.31. The maximum absolute atomic E-state index is 12.3. The Morgan fingerprint density at radius 2 is 2.00 bits per heavy atom. The summed E-state index contributed by atoms with van der Waals surface area (Å²) in [6, 6.07) is 0. The number of aryl methyl sites for hydroxylation is 1. The molecule has 0 amide bonds. The minimum absolute atomic E-state index is 0.0139. The van der Waals surface area contributed by atoms with E-state index in [1.165, 1.54) is 13.3 Å². The van der Waals surface area contributed by atoms with Crippen molar-refractivity contribution in [3.8, 4) is 0 Å². The summed E-state index contributed by atoms with van der Waals surface area (Å²) in [5.41, 5.74) is -0.503. The van der Waals surface area contributed by atoms with Crippen molar-refractivity contribution in [3.05, 3.63) is 17.6 Å². The Labute approximate surface area is 76.2 Å². The molecule has 0 fully saturated rings. The summed E-state index contributed by atoms with van der Waals surface area (Å²) in [7, 11) is 0. The Morgan fingerprint density at radius 1 is 1.29 bits per heavy atom. The molecule has 74 valence electrons. The Bertz CT molecular complexity index is 473. The summed E-state index contributed by atoms with van der Waals surface area (Å²) >= 11 is 0. The first-order chi connectivity index (χ1) is 6.50. The quantitative estimate of drug-likeness (QED) is 0.707. The van der Waals surface area contributed by atoms with Crippen molar-refractivity contribution >= 4 is 11.2 Å². The summed E-state index contributed by atoms with van der Waals surface area (Å²) < 4.78 is 37.0. The average Bonchev–Trinajstić information content (AvgIpc) is 2.50. The topological polar surface area (TPSA) is 54.5 Å². The van der Waals surface area contributed by atoms with Gasteiger partial charge in [-0.2, -0.15) is 13.2 Å². The molecule has 0 saturated heterocycles. The van der Waals surface area contributed by atoms with Crippen molar-refractivity contribution in [1.82, 2.24) is 20.2 Å². The lowest BCUT2D eigenvalue weighted by Crippen LogP contribution is -2.11. The van der Waals surface area contributed by atoms with E-state index >= 15 is 0 Å². The van der Waals surface area contributed by atoms with E-state index in [4.69, 9.17) is 0 Å². The van der Waals surface area contributed by atoms with Crippen molar-refractivity contribution in [2.75, 3.05) is 0 Å². The van der Waals surface area contributed by atoms with Gasteiger partial charge in [-0.1, -0.05) is 0 Å². The number of imidazole rings is 1. The van der Waals surface area contributed by atoms with E-state index in [0.717, 1.165) is 0 Å². The highest BCUT2D eigenvalue weighted by atomic mass is 19.4. The second-order valence-electron chi connectivity index (χ2n) is 2.77. The molecule has 0 radical (unpaired) electrons. The van der Waals surface area contributed by atoms with Crippen LogP contribution < -0.4 is 0 Å². The van der Waals surface area contributed by atoms with Gasteiger partial charge >= 0.3 is 6.18 Å². The van der Waals surface area contributed by atoms with Gasteiger partial charge in [0.15, 0.2) is 11.3 Å². The number of aromatic amines is 1. The van der Waals surface area contributed by atoms with Gasteiger partial charge in [-0.3, -0.25) is 0 Å². The van der Waals surface area contributed by atoms with Crippen LogP contribution in [0, 0.1) is 6.92 Å². The van der Waals surface area contributed by atoms with Crippen LogP contribution in [0.5, 0.6) is 0 Å².